The van der Waals surface area contributed by atoms with Gasteiger partial charge in [0.05, 0.1) is 6.04 Å². The van der Waals surface area contributed by atoms with Crippen LogP contribution >= 0.6 is 11.6 Å². The van der Waals surface area contributed by atoms with E-state index in [4.69, 9.17) is 17.3 Å². The maximum atomic E-state index is 9.29. The van der Waals surface area contributed by atoms with Gasteiger partial charge in [0.25, 0.3) is 0 Å². The summed E-state index contributed by atoms with van der Waals surface area (Å²) in [4.78, 5) is 4.40. The van der Waals surface area contributed by atoms with Crippen LogP contribution in [0.1, 0.15) is 17.4 Å². The van der Waals surface area contributed by atoms with E-state index in [-0.39, 0.29) is 5.75 Å². The summed E-state index contributed by atoms with van der Waals surface area (Å²) in [6.07, 6.45) is 0. The van der Waals surface area contributed by atoms with Crippen LogP contribution in [0.15, 0.2) is 48.5 Å². The minimum atomic E-state index is -0.402. The van der Waals surface area contributed by atoms with Crippen LogP contribution < -0.4 is 5.73 Å². The third kappa shape index (κ3) is 2.89. The zero-order chi connectivity index (χ0) is 14.8. The van der Waals surface area contributed by atoms with Crippen molar-refractivity contribution >= 4 is 11.6 Å². The number of H-pyrrole nitrogens is 1. The van der Waals surface area contributed by atoms with Gasteiger partial charge in [0.2, 0.25) is 0 Å². The van der Waals surface area contributed by atoms with Crippen molar-refractivity contribution in [1.29, 1.82) is 0 Å². The molecule has 0 saturated carbocycles. The van der Waals surface area contributed by atoms with Gasteiger partial charge in [-0.05, 0) is 42.0 Å². The van der Waals surface area contributed by atoms with Crippen LogP contribution in [0.5, 0.6) is 5.75 Å². The molecule has 4 N–H and O–H groups in total. The summed E-state index contributed by atoms with van der Waals surface area (Å²) >= 11 is 5.86. The molecule has 1 heterocycles. The van der Waals surface area contributed by atoms with E-state index in [0.29, 0.717) is 16.7 Å². The fourth-order valence-corrected chi connectivity index (χ4v) is 2.11. The fraction of sp³-hybridized carbons (Fsp3) is 0.0667. The number of nitrogens with two attached hydrogens (primary N) is 1. The van der Waals surface area contributed by atoms with E-state index in [1.165, 1.54) is 0 Å². The predicted molar refractivity (Wildman–Crippen MR) is 81.0 cm³/mol. The highest BCUT2D eigenvalue weighted by Crippen LogP contribution is 2.22. The summed E-state index contributed by atoms with van der Waals surface area (Å²) in [5, 5.41) is 17.0. The highest BCUT2D eigenvalue weighted by Gasteiger charge is 2.14. The molecule has 3 rings (SSSR count). The van der Waals surface area contributed by atoms with Crippen LogP contribution in [0.3, 0.4) is 0 Å². The number of benzene rings is 2. The Bertz CT molecular complexity index is 737. The van der Waals surface area contributed by atoms with Crippen LogP contribution in [0.25, 0.3) is 11.4 Å². The molecule has 3 aromatic rings. The van der Waals surface area contributed by atoms with Gasteiger partial charge in [-0.3, -0.25) is 5.10 Å². The van der Waals surface area contributed by atoms with Gasteiger partial charge in [0.1, 0.15) is 11.6 Å². The summed E-state index contributed by atoms with van der Waals surface area (Å²) in [6.45, 7) is 0. The Morgan fingerprint density at radius 2 is 1.71 bits per heavy atom. The molecule has 0 aliphatic heterocycles. The van der Waals surface area contributed by atoms with E-state index < -0.39 is 6.04 Å². The summed E-state index contributed by atoms with van der Waals surface area (Å²) in [7, 11) is 0. The Morgan fingerprint density at radius 3 is 2.38 bits per heavy atom. The van der Waals surface area contributed by atoms with Gasteiger partial charge in [0.15, 0.2) is 5.82 Å². The largest absolute Gasteiger partial charge is 0.508 e. The Labute approximate surface area is 126 Å². The molecule has 0 radical (unpaired) electrons. The van der Waals surface area contributed by atoms with Gasteiger partial charge in [-0.1, -0.05) is 23.7 Å². The number of hydrogen-bond donors (Lipinski definition) is 3. The number of halogens is 1. The van der Waals surface area contributed by atoms with E-state index in [1.807, 2.05) is 12.1 Å². The maximum absolute atomic E-state index is 9.29. The third-order valence-corrected chi connectivity index (χ3v) is 3.40. The molecule has 0 unspecified atom stereocenters. The highest BCUT2D eigenvalue weighted by molar-refractivity contribution is 6.30. The summed E-state index contributed by atoms with van der Waals surface area (Å²) < 4.78 is 0. The molecular formula is C15H13ClN4O. The van der Waals surface area contributed by atoms with Gasteiger partial charge >= 0.3 is 0 Å². The summed E-state index contributed by atoms with van der Waals surface area (Å²) in [6, 6.07) is 13.6. The second kappa shape index (κ2) is 5.55. The number of aromatic amines is 1. The first kappa shape index (κ1) is 13.6. The molecule has 106 valence electrons. The first-order chi connectivity index (χ1) is 10.1. The van der Waals surface area contributed by atoms with Crippen LogP contribution in [-0.4, -0.2) is 20.3 Å². The van der Waals surface area contributed by atoms with E-state index in [0.717, 1.165) is 11.1 Å². The van der Waals surface area contributed by atoms with Crippen LogP contribution in [0, 0.1) is 0 Å². The SMILES string of the molecule is N[C@H](c1ccc(Cl)cc1)c1nc(-c2ccc(O)cc2)n[nH]1. The Hall–Kier alpha value is -2.37. The molecule has 2 aromatic carbocycles. The molecule has 0 bridgehead atoms. The number of hydrogen-bond acceptors (Lipinski definition) is 4. The fourth-order valence-electron chi connectivity index (χ4n) is 1.98. The van der Waals surface area contributed by atoms with E-state index >= 15 is 0 Å². The number of nitrogens with one attached hydrogen (secondary N) is 1. The zero-order valence-corrected chi connectivity index (χ0v) is 11.7. The average molecular weight is 301 g/mol. The van der Waals surface area contributed by atoms with Crippen molar-refractivity contribution in [3.8, 4) is 17.1 Å². The minimum absolute atomic E-state index is 0.201. The van der Waals surface area contributed by atoms with Gasteiger partial charge in [0, 0.05) is 10.6 Å². The summed E-state index contributed by atoms with van der Waals surface area (Å²) in [5.41, 5.74) is 7.87. The quantitative estimate of drug-likeness (QED) is 0.694. The van der Waals surface area contributed by atoms with E-state index in [9.17, 15) is 5.11 Å². The lowest BCUT2D eigenvalue weighted by atomic mass is 10.1. The molecule has 0 saturated heterocycles. The van der Waals surface area contributed by atoms with Gasteiger partial charge in [-0.15, -0.1) is 0 Å². The first-order valence-corrected chi connectivity index (χ1v) is 6.74. The topological polar surface area (TPSA) is 87.8 Å². The number of phenolic OH excluding ortho intramolecular Hbond substituents is 1. The van der Waals surface area contributed by atoms with Crippen molar-refractivity contribution in [3.05, 3.63) is 64.9 Å². The maximum Gasteiger partial charge on any atom is 0.181 e. The molecule has 0 aliphatic rings. The normalized spacial score (nSPS) is 12.3. The molecule has 1 aromatic heterocycles. The number of aromatic hydroxyl groups is 1. The van der Waals surface area contributed by atoms with Gasteiger partial charge in [-0.2, -0.15) is 5.10 Å². The molecule has 0 fully saturated rings. The van der Waals surface area contributed by atoms with Crippen molar-refractivity contribution in [2.24, 2.45) is 5.73 Å². The summed E-state index contributed by atoms with van der Waals surface area (Å²) in [5.74, 6) is 1.31. The molecular weight excluding hydrogens is 288 g/mol. The lowest BCUT2D eigenvalue weighted by Crippen LogP contribution is -2.13. The van der Waals surface area contributed by atoms with Crippen molar-refractivity contribution < 1.29 is 5.11 Å². The first-order valence-electron chi connectivity index (χ1n) is 6.36. The van der Waals surface area contributed by atoms with E-state index in [2.05, 4.69) is 15.2 Å². The molecule has 0 aliphatic carbocycles. The van der Waals surface area contributed by atoms with Crippen LogP contribution in [0.4, 0.5) is 0 Å². The monoisotopic (exact) mass is 300 g/mol. The third-order valence-electron chi connectivity index (χ3n) is 3.15. The zero-order valence-electron chi connectivity index (χ0n) is 11.0. The van der Waals surface area contributed by atoms with Gasteiger partial charge in [-0.25, -0.2) is 4.98 Å². The van der Waals surface area contributed by atoms with Crippen LogP contribution in [-0.2, 0) is 0 Å². The standard InChI is InChI=1S/C15H13ClN4O/c16-11-5-1-9(2-6-11)13(17)15-18-14(19-20-15)10-3-7-12(21)8-4-10/h1-8,13,21H,17H2,(H,18,19,20)/t13-/m1/s1. The number of rotatable bonds is 3. The predicted octanol–water partition coefficient (Wildman–Crippen LogP) is 2.88. The smallest absolute Gasteiger partial charge is 0.181 e. The molecule has 5 nitrogen and oxygen atoms in total. The lowest BCUT2D eigenvalue weighted by molar-refractivity contribution is 0.475. The molecule has 0 amide bonds. The Kier molecular flexibility index (Phi) is 3.60. The molecule has 0 spiro atoms. The second-order valence-corrected chi connectivity index (χ2v) is 5.06. The van der Waals surface area contributed by atoms with Crippen molar-refractivity contribution in [1.82, 2.24) is 15.2 Å². The van der Waals surface area contributed by atoms with Crippen molar-refractivity contribution in [2.75, 3.05) is 0 Å². The Morgan fingerprint density at radius 1 is 1.05 bits per heavy atom. The molecule has 1 atom stereocenters. The lowest BCUT2D eigenvalue weighted by Gasteiger charge is -2.08. The number of phenols is 1. The highest BCUT2D eigenvalue weighted by atomic mass is 35.5. The number of nitrogens with zero attached hydrogens (tertiary/aromatic N) is 2. The average Bonchev–Trinajstić information content (AvgIpc) is 2.98. The van der Waals surface area contributed by atoms with Crippen molar-refractivity contribution in [3.63, 3.8) is 0 Å². The van der Waals surface area contributed by atoms with E-state index in [1.54, 1.807) is 36.4 Å². The Balaban J connectivity index is 1.87. The molecule has 6 heteroatoms. The number of aromatic nitrogens is 3. The molecule has 21 heavy (non-hydrogen) atoms. The van der Waals surface area contributed by atoms with Crippen molar-refractivity contribution in [2.45, 2.75) is 6.04 Å². The minimum Gasteiger partial charge on any atom is -0.508 e. The van der Waals surface area contributed by atoms with Gasteiger partial charge < -0.3 is 10.8 Å². The second-order valence-electron chi connectivity index (χ2n) is 4.62. The van der Waals surface area contributed by atoms with Crippen LogP contribution in [0.2, 0.25) is 5.02 Å².